The van der Waals surface area contributed by atoms with Crippen molar-refractivity contribution in [1.82, 2.24) is 5.32 Å². The molecular formula is C19H22N2O3. The minimum atomic E-state index is -0.355. The van der Waals surface area contributed by atoms with E-state index in [0.717, 1.165) is 11.3 Å². The summed E-state index contributed by atoms with van der Waals surface area (Å²) >= 11 is 0. The molecule has 0 heterocycles. The highest BCUT2D eigenvalue weighted by atomic mass is 16.5. The highest BCUT2D eigenvalue weighted by Crippen LogP contribution is 2.19. The number of anilines is 1. The number of carbonyl (C=O) groups is 2. The van der Waals surface area contributed by atoms with Gasteiger partial charge in [-0.3, -0.25) is 9.59 Å². The molecule has 0 aromatic heterocycles. The Morgan fingerprint density at radius 2 is 1.71 bits per heavy atom. The molecule has 0 saturated heterocycles. The van der Waals surface area contributed by atoms with E-state index in [1.54, 1.807) is 12.1 Å². The van der Waals surface area contributed by atoms with Crippen LogP contribution in [0.4, 0.5) is 5.69 Å². The van der Waals surface area contributed by atoms with E-state index < -0.39 is 0 Å². The van der Waals surface area contributed by atoms with Gasteiger partial charge in [0, 0.05) is 12.6 Å². The molecule has 2 amide bonds. The van der Waals surface area contributed by atoms with Gasteiger partial charge in [-0.05, 0) is 36.8 Å². The summed E-state index contributed by atoms with van der Waals surface area (Å²) in [6.07, 6.45) is 0.163. The molecule has 0 fully saturated rings. The quantitative estimate of drug-likeness (QED) is 0.820. The molecule has 0 unspecified atom stereocenters. The maximum Gasteiger partial charge on any atom is 0.226 e. The lowest BCUT2D eigenvalue weighted by molar-refractivity contribution is -0.120. The van der Waals surface area contributed by atoms with Crippen molar-refractivity contribution in [2.75, 3.05) is 11.9 Å². The Morgan fingerprint density at radius 1 is 1.04 bits per heavy atom. The van der Waals surface area contributed by atoms with E-state index in [4.69, 9.17) is 4.74 Å². The minimum Gasteiger partial charge on any atom is -0.494 e. The highest BCUT2D eigenvalue weighted by Gasteiger charge is 2.17. The first-order valence-corrected chi connectivity index (χ1v) is 7.93. The van der Waals surface area contributed by atoms with Crippen LogP contribution in [-0.2, 0) is 9.59 Å². The summed E-state index contributed by atoms with van der Waals surface area (Å²) in [5.74, 6) is 0.426. The standard InChI is InChI=1S/C19H22N2O3/c1-3-24-17-11-9-16(10-12-17)21-19(23)13-18(20-14(2)22)15-7-5-4-6-8-15/h4-12,18H,3,13H2,1-2H3,(H,20,22)(H,21,23)/t18-/m0/s1. The zero-order chi connectivity index (χ0) is 17.4. The molecule has 24 heavy (non-hydrogen) atoms. The predicted molar refractivity (Wildman–Crippen MR) is 93.9 cm³/mol. The molecule has 0 aliphatic heterocycles. The van der Waals surface area contributed by atoms with Crippen LogP contribution in [0.25, 0.3) is 0 Å². The summed E-state index contributed by atoms with van der Waals surface area (Å²) in [5, 5.41) is 5.66. The number of hydrogen-bond donors (Lipinski definition) is 2. The zero-order valence-corrected chi connectivity index (χ0v) is 13.9. The first-order valence-electron chi connectivity index (χ1n) is 7.93. The molecule has 0 aliphatic carbocycles. The van der Waals surface area contributed by atoms with Gasteiger partial charge in [0.05, 0.1) is 19.1 Å². The van der Waals surface area contributed by atoms with Gasteiger partial charge in [-0.2, -0.15) is 0 Å². The normalized spacial score (nSPS) is 11.4. The lowest BCUT2D eigenvalue weighted by atomic mass is 10.0. The second-order valence-electron chi connectivity index (χ2n) is 5.37. The van der Waals surface area contributed by atoms with E-state index in [0.29, 0.717) is 12.3 Å². The van der Waals surface area contributed by atoms with Gasteiger partial charge in [0.2, 0.25) is 11.8 Å². The van der Waals surface area contributed by atoms with Crippen LogP contribution in [0.5, 0.6) is 5.75 Å². The largest absolute Gasteiger partial charge is 0.494 e. The SMILES string of the molecule is CCOc1ccc(NC(=O)C[C@H](NC(C)=O)c2ccccc2)cc1. The smallest absolute Gasteiger partial charge is 0.226 e. The Hall–Kier alpha value is -2.82. The van der Waals surface area contributed by atoms with Crippen LogP contribution in [0, 0.1) is 0 Å². The first-order chi connectivity index (χ1) is 11.6. The number of hydrogen-bond acceptors (Lipinski definition) is 3. The van der Waals surface area contributed by atoms with Crippen LogP contribution in [0.1, 0.15) is 31.9 Å². The van der Waals surface area contributed by atoms with Crippen LogP contribution in [0.15, 0.2) is 54.6 Å². The Balaban J connectivity index is 2.00. The fourth-order valence-corrected chi connectivity index (χ4v) is 2.38. The molecule has 0 saturated carbocycles. The molecular weight excluding hydrogens is 304 g/mol. The number of benzene rings is 2. The van der Waals surface area contributed by atoms with Crippen molar-refractivity contribution in [2.45, 2.75) is 26.3 Å². The zero-order valence-electron chi connectivity index (χ0n) is 13.9. The molecule has 5 heteroatoms. The van der Waals surface area contributed by atoms with Crippen molar-refractivity contribution in [3.63, 3.8) is 0 Å². The van der Waals surface area contributed by atoms with Gasteiger partial charge in [0.25, 0.3) is 0 Å². The lowest BCUT2D eigenvalue weighted by Gasteiger charge is -2.18. The Kier molecular flexibility index (Phi) is 6.37. The van der Waals surface area contributed by atoms with Gasteiger partial charge in [-0.25, -0.2) is 0 Å². The molecule has 0 aliphatic rings. The van der Waals surface area contributed by atoms with Crippen molar-refractivity contribution < 1.29 is 14.3 Å². The number of carbonyl (C=O) groups excluding carboxylic acids is 2. The van der Waals surface area contributed by atoms with Crippen molar-refractivity contribution in [1.29, 1.82) is 0 Å². The molecule has 2 aromatic carbocycles. The average Bonchev–Trinajstić information content (AvgIpc) is 2.57. The lowest BCUT2D eigenvalue weighted by Crippen LogP contribution is -2.29. The Labute approximate surface area is 142 Å². The molecule has 0 spiro atoms. The maximum absolute atomic E-state index is 12.3. The van der Waals surface area contributed by atoms with Gasteiger partial charge in [-0.15, -0.1) is 0 Å². The Morgan fingerprint density at radius 3 is 2.29 bits per heavy atom. The van der Waals surface area contributed by atoms with Crippen molar-refractivity contribution in [3.05, 3.63) is 60.2 Å². The monoisotopic (exact) mass is 326 g/mol. The third-order valence-electron chi connectivity index (χ3n) is 3.42. The molecule has 0 bridgehead atoms. The molecule has 2 rings (SSSR count). The van der Waals surface area contributed by atoms with Crippen molar-refractivity contribution in [3.8, 4) is 5.75 Å². The van der Waals surface area contributed by atoms with E-state index >= 15 is 0 Å². The van der Waals surface area contributed by atoms with Crippen LogP contribution in [0.3, 0.4) is 0 Å². The van der Waals surface area contributed by atoms with Gasteiger partial charge >= 0.3 is 0 Å². The predicted octanol–water partition coefficient (Wildman–Crippen LogP) is 3.29. The van der Waals surface area contributed by atoms with E-state index in [1.165, 1.54) is 6.92 Å². The molecule has 0 radical (unpaired) electrons. The van der Waals surface area contributed by atoms with Gasteiger partial charge in [0.15, 0.2) is 0 Å². The van der Waals surface area contributed by atoms with Crippen molar-refractivity contribution >= 4 is 17.5 Å². The second kappa shape index (κ2) is 8.72. The number of nitrogens with one attached hydrogen (secondary N) is 2. The van der Waals surface area contributed by atoms with E-state index in [1.807, 2.05) is 49.4 Å². The van der Waals surface area contributed by atoms with Crippen LogP contribution >= 0.6 is 0 Å². The highest BCUT2D eigenvalue weighted by molar-refractivity contribution is 5.91. The molecule has 2 N–H and O–H groups in total. The maximum atomic E-state index is 12.3. The topological polar surface area (TPSA) is 67.4 Å². The average molecular weight is 326 g/mol. The van der Waals surface area contributed by atoms with Crippen LogP contribution in [0.2, 0.25) is 0 Å². The third kappa shape index (κ3) is 5.43. The van der Waals surface area contributed by atoms with E-state index in [9.17, 15) is 9.59 Å². The molecule has 2 aromatic rings. The summed E-state index contributed by atoms with van der Waals surface area (Å²) < 4.78 is 5.37. The van der Waals surface area contributed by atoms with Gasteiger partial charge < -0.3 is 15.4 Å². The van der Waals surface area contributed by atoms with Crippen LogP contribution in [-0.4, -0.2) is 18.4 Å². The number of amides is 2. The fourth-order valence-electron chi connectivity index (χ4n) is 2.38. The third-order valence-corrected chi connectivity index (χ3v) is 3.42. The summed E-state index contributed by atoms with van der Waals surface area (Å²) in [6.45, 7) is 3.96. The Bertz CT molecular complexity index is 669. The molecule has 1 atom stereocenters. The number of ether oxygens (including phenoxy) is 1. The van der Waals surface area contributed by atoms with Gasteiger partial charge in [0.1, 0.15) is 5.75 Å². The summed E-state index contributed by atoms with van der Waals surface area (Å²) in [4.78, 5) is 23.7. The minimum absolute atomic E-state index is 0.163. The van der Waals surface area contributed by atoms with E-state index in [-0.39, 0.29) is 24.3 Å². The van der Waals surface area contributed by atoms with Crippen LogP contribution < -0.4 is 15.4 Å². The summed E-state index contributed by atoms with van der Waals surface area (Å²) in [6, 6.07) is 16.3. The first kappa shape index (κ1) is 17.5. The molecule has 5 nitrogen and oxygen atoms in total. The molecule has 126 valence electrons. The number of rotatable bonds is 7. The summed E-state index contributed by atoms with van der Waals surface area (Å²) in [5.41, 5.74) is 1.59. The van der Waals surface area contributed by atoms with E-state index in [2.05, 4.69) is 10.6 Å². The van der Waals surface area contributed by atoms with Gasteiger partial charge in [-0.1, -0.05) is 30.3 Å². The van der Waals surface area contributed by atoms with Crippen molar-refractivity contribution in [2.24, 2.45) is 0 Å². The second-order valence-corrected chi connectivity index (χ2v) is 5.37. The fraction of sp³-hybridized carbons (Fsp3) is 0.263. The summed E-state index contributed by atoms with van der Waals surface area (Å²) in [7, 11) is 0.